The fraction of sp³-hybridized carbons (Fsp3) is 0.476. The van der Waals surface area contributed by atoms with Crippen LogP contribution in [0.4, 0.5) is 0 Å². The predicted octanol–water partition coefficient (Wildman–Crippen LogP) is 6.53. The summed E-state index contributed by atoms with van der Waals surface area (Å²) < 4.78 is 31.4. The fourth-order valence-corrected chi connectivity index (χ4v) is 8.78. The molecular weight excluding hydrogens is 674 g/mol. The van der Waals surface area contributed by atoms with Gasteiger partial charge >= 0.3 is 11.9 Å². The molecule has 11 heteroatoms. The van der Waals surface area contributed by atoms with Gasteiger partial charge in [-0.2, -0.15) is 0 Å². The van der Waals surface area contributed by atoms with E-state index in [0.29, 0.717) is 34.6 Å². The minimum Gasteiger partial charge on any atom is -0.487 e. The third kappa shape index (κ3) is 7.88. The van der Waals surface area contributed by atoms with Crippen LogP contribution in [-0.2, 0) is 38.5 Å². The van der Waals surface area contributed by atoms with Crippen LogP contribution in [0.15, 0.2) is 85.1 Å². The van der Waals surface area contributed by atoms with Gasteiger partial charge in [0.25, 0.3) is 0 Å². The molecule has 2 fully saturated rings. The van der Waals surface area contributed by atoms with Gasteiger partial charge in [0.05, 0.1) is 23.9 Å². The lowest BCUT2D eigenvalue weighted by Crippen LogP contribution is -2.44. The summed E-state index contributed by atoms with van der Waals surface area (Å²) in [6.45, 7) is 5.16. The molecule has 2 heterocycles. The van der Waals surface area contributed by atoms with Crippen LogP contribution in [0.25, 0.3) is 0 Å². The van der Waals surface area contributed by atoms with Gasteiger partial charge in [0.2, 0.25) is 0 Å². The predicted molar refractivity (Wildman–Crippen MR) is 195 cm³/mol. The Kier molecular flexibility index (Phi) is 11.2. The van der Waals surface area contributed by atoms with Crippen LogP contribution >= 0.6 is 0 Å². The highest BCUT2D eigenvalue weighted by Gasteiger charge is 2.51. The number of nitrogens with zero attached hydrogens (tertiary/aromatic N) is 3. The van der Waals surface area contributed by atoms with Gasteiger partial charge in [-0.25, -0.2) is 14.3 Å². The SMILES string of the molecule is CCC[C@H]1[C@@H]2CCc3cc(OCc4cn(C[C@H]5O[C@@H](OC)[C@H](OC(=O)c6ccccc6)[C@@H]5OC(=O)c5ccccc5)nn4)ccc3[C@H]2CC[C@]1(C)CO. The molecule has 0 bridgehead atoms. The van der Waals surface area contributed by atoms with Gasteiger partial charge < -0.3 is 28.8 Å². The Balaban J connectivity index is 1.02. The summed E-state index contributed by atoms with van der Waals surface area (Å²) in [6.07, 6.45) is 4.57. The number of esters is 2. The van der Waals surface area contributed by atoms with Crippen molar-refractivity contribution in [3.05, 3.63) is 113 Å². The second kappa shape index (κ2) is 16.2. The Hall–Kier alpha value is -4.58. The minimum atomic E-state index is -1.04. The molecule has 1 saturated carbocycles. The summed E-state index contributed by atoms with van der Waals surface area (Å²) in [4.78, 5) is 26.3. The Morgan fingerprint density at radius 2 is 1.66 bits per heavy atom. The molecule has 1 aromatic heterocycles. The number of aliphatic hydroxyl groups excluding tert-OH is 1. The van der Waals surface area contributed by atoms with Crippen LogP contribution in [0.3, 0.4) is 0 Å². The number of benzene rings is 3. The van der Waals surface area contributed by atoms with Crippen LogP contribution < -0.4 is 4.74 Å². The maximum Gasteiger partial charge on any atom is 0.338 e. The quantitative estimate of drug-likeness (QED) is 0.152. The molecule has 3 aromatic carbocycles. The largest absolute Gasteiger partial charge is 0.487 e. The monoisotopic (exact) mass is 723 g/mol. The molecule has 8 atom stereocenters. The number of aliphatic hydroxyl groups is 1. The van der Waals surface area contributed by atoms with Crippen molar-refractivity contribution < 1.29 is 38.4 Å². The van der Waals surface area contributed by atoms with Gasteiger partial charge in [-0.3, -0.25) is 0 Å². The van der Waals surface area contributed by atoms with E-state index in [1.165, 1.54) is 18.2 Å². The Morgan fingerprint density at radius 3 is 2.32 bits per heavy atom. The van der Waals surface area contributed by atoms with Crippen molar-refractivity contribution in [3.63, 3.8) is 0 Å². The summed E-state index contributed by atoms with van der Waals surface area (Å²) >= 11 is 0. The summed E-state index contributed by atoms with van der Waals surface area (Å²) in [5.74, 6) is 1.29. The van der Waals surface area contributed by atoms with E-state index in [9.17, 15) is 14.7 Å². The first-order valence-electron chi connectivity index (χ1n) is 18.8. The summed E-state index contributed by atoms with van der Waals surface area (Å²) in [5.41, 5.74) is 4.11. The number of hydrogen-bond acceptors (Lipinski definition) is 10. The van der Waals surface area contributed by atoms with Crippen LogP contribution in [0.2, 0.25) is 0 Å². The molecule has 1 aliphatic heterocycles. The van der Waals surface area contributed by atoms with Crippen molar-refractivity contribution in [1.29, 1.82) is 0 Å². The third-order valence-electron chi connectivity index (χ3n) is 11.5. The standard InChI is InChI=1S/C42H49N3O8/c1-4-11-35-34-18-16-29-22-31(17-19-32(29)33(34)20-21-42(35,2)26-46)50-25-30-23-45(44-43-30)24-36-37(52-39(47)27-12-7-5-8-13-27)38(41(49-3)51-36)53-40(48)28-14-9-6-10-15-28/h5-10,12-15,17,19,22-23,33-38,41,46H,4,11,16,18,20-21,24-26H2,1-3H3/t33-,34-,35+,36-,37-,38-,41-,42-/m1/s1. The molecule has 11 nitrogen and oxygen atoms in total. The molecular formula is C42H49N3O8. The van der Waals surface area contributed by atoms with E-state index < -0.39 is 36.5 Å². The first-order valence-corrected chi connectivity index (χ1v) is 18.8. The van der Waals surface area contributed by atoms with E-state index in [4.69, 9.17) is 23.7 Å². The van der Waals surface area contributed by atoms with E-state index >= 15 is 0 Å². The lowest BCUT2D eigenvalue weighted by molar-refractivity contribution is -0.152. The van der Waals surface area contributed by atoms with Gasteiger partial charge in [0.1, 0.15) is 24.2 Å². The number of fused-ring (bicyclic) bond motifs is 3. The second-order valence-corrected chi connectivity index (χ2v) is 14.9. The molecule has 53 heavy (non-hydrogen) atoms. The summed E-state index contributed by atoms with van der Waals surface area (Å²) in [7, 11) is 1.45. The molecule has 0 amide bonds. The molecule has 1 saturated heterocycles. The molecule has 0 spiro atoms. The van der Waals surface area contributed by atoms with Crippen molar-refractivity contribution in [2.45, 2.75) is 96.0 Å². The molecule has 1 N–H and O–H groups in total. The number of aromatic nitrogens is 3. The zero-order valence-electron chi connectivity index (χ0n) is 30.6. The zero-order valence-corrected chi connectivity index (χ0v) is 30.6. The first-order chi connectivity index (χ1) is 25.8. The molecule has 0 unspecified atom stereocenters. The van der Waals surface area contributed by atoms with Gasteiger partial charge in [0.15, 0.2) is 18.5 Å². The van der Waals surface area contributed by atoms with E-state index in [1.807, 2.05) is 6.07 Å². The number of rotatable bonds is 13. The van der Waals surface area contributed by atoms with Crippen molar-refractivity contribution in [1.82, 2.24) is 15.0 Å². The number of methoxy groups -OCH3 is 1. The Labute approximate surface area is 310 Å². The van der Waals surface area contributed by atoms with Gasteiger partial charge in [-0.05, 0) is 103 Å². The minimum absolute atomic E-state index is 0.00890. The van der Waals surface area contributed by atoms with Gasteiger partial charge in [-0.1, -0.05) is 67.9 Å². The zero-order chi connectivity index (χ0) is 37.0. The molecule has 2 aliphatic carbocycles. The van der Waals surface area contributed by atoms with Crippen molar-refractivity contribution in [3.8, 4) is 5.75 Å². The van der Waals surface area contributed by atoms with E-state index in [1.54, 1.807) is 65.5 Å². The highest BCUT2D eigenvalue weighted by Crippen LogP contribution is 2.56. The van der Waals surface area contributed by atoms with Gasteiger partial charge in [0, 0.05) is 13.7 Å². The number of carbonyl (C=O) groups is 2. The van der Waals surface area contributed by atoms with Crippen molar-refractivity contribution in [2.24, 2.45) is 17.3 Å². The van der Waals surface area contributed by atoms with Crippen molar-refractivity contribution >= 4 is 11.9 Å². The number of aryl methyl sites for hydroxylation is 1. The molecule has 0 radical (unpaired) electrons. The summed E-state index contributed by atoms with van der Waals surface area (Å²) in [5, 5.41) is 18.9. The van der Waals surface area contributed by atoms with E-state index in [-0.39, 0.29) is 25.2 Å². The average Bonchev–Trinajstić information content (AvgIpc) is 3.78. The number of carbonyl (C=O) groups excluding carboxylic acids is 2. The maximum absolute atomic E-state index is 13.2. The maximum atomic E-state index is 13.2. The van der Waals surface area contributed by atoms with Crippen LogP contribution in [0.1, 0.15) is 89.4 Å². The van der Waals surface area contributed by atoms with E-state index in [0.717, 1.165) is 44.3 Å². The van der Waals surface area contributed by atoms with Crippen LogP contribution in [0, 0.1) is 17.3 Å². The van der Waals surface area contributed by atoms with Gasteiger partial charge in [-0.15, -0.1) is 5.10 Å². The average molecular weight is 724 g/mol. The van der Waals surface area contributed by atoms with Crippen LogP contribution in [0.5, 0.6) is 5.75 Å². The Bertz CT molecular complexity index is 1850. The number of hydrogen-bond donors (Lipinski definition) is 1. The highest BCUT2D eigenvalue weighted by molar-refractivity contribution is 5.90. The smallest absolute Gasteiger partial charge is 0.338 e. The molecule has 7 rings (SSSR count). The molecule has 280 valence electrons. The third-order valence-corrected chi connectivity index (χ3v) is 11.5. The topological polar surface area (TPSA) is 131 Å². The lowest BCUT2D eigenvalue weighted by atomic mass is 9.54. The Morgan fingerprint density at radius 1 is 0.962 bits per heavy atom. The highest BCUT2D eigenvalue weighted by atomic mass is 16.7. The number of ether oxygens (including phenoxy) is 5. The fourth-order valence-electron chi connectivity index (χ4n) is 8.78. The first kappa shape index (κ1) is 36.8. The normalized spacial score (nSPS) is 27.7. The molecule has 3 aliphatic rings. The second-order valence-electron chi connectivity index (χ2n) is 14.9. The van der Waals surface area contributed by atoms with E-state index in [2.05, 4.69) is 42.4 Å². The van der Waals surface area contributed by atoms with Crippen LogP contribution in [-0.4, -0.2) is 70.4 Å². The lowest BCUT2D eigenvalue weighted by Gasteiger charge is -2.51. The summed E-state index contributed by atoms with van der Waals surface area (Å²) in [6, 6.07) is 23.7. The molecule has 4 aromatic rings. The van der Waals surface area contributed by atoms with Crippen molar-refractivity contribution in [2.75, 3.05) is 13.7 Å².